The molecule has 0 aromatic heterocycles. The second-order valence-electron chi connectivity index (χ2n) is 8.21. The van der Waals surface area contributed by atoms with Gasteiger partial charge in [0.2, 0.25) is 0 Å². The van der Waals surface area contributed by atoms with Gasteiger partial charge in [0.15, 0.2) is 11.2 Å². The fourth-order valence-corrected chi connectivity index (χ4v) is 5.69. The summed E-state index contributed by atoms with van der Waals surface area (Å²) in [7, 11) is 0. The predicted molar refractivity (Wildman–Crippen MR) is 132 cm³/mol. The average molecular weight is 515 g/mol. The molecular formula is C27H17BrClN3O. The number of rotatable bonds is 3. The maximum absolute atomic E-state index is 14.1. The van der Waals surface area contributed by atoms with E-state index in [1.807, 2.05) is 71.6 Å². The van der Waals surface area contributed by atoms with Gasteiger partial charge < -0.3 is 4.90 Å². The van der Waals surface area contributed by atoms with Gasteiger partial charge in [0.25, 0.3) is 0 Å². The van der Waals surface area contributed by atoms with Crippen LogP contribution in [0.25, 0.3) is 6.08 Å². The molecule has 0 N–H and O–H groups in total. The Kier molecular flexibility index (Phi) is 5.33. The van der Waals surface area contributed by atoms with E-state index in [0.29, 0.717) is 10.6 Å². The van der Waals surface area contributed by atoms with E-state index in [9.17, 15) is 15.3 Å². The van der Waals surface area contributed by atoms with Crippen molar-refractivity contribution in [1.82, 2.24) is 0 Å². The van der Waals surface area contributed by atoms with E-state index >= 15 is 0 Å². The summed E-state index contributed by atoms with van der Waals surface area (Å²) in [6.45, 7) is 0. The molecule has 160 valence electrons. The topological polar surface area (TPSA) is 67.9 Å². The standard InChI is InChI=1S/C27H17BrClN3O/c28-20-8-4-7-19(13-20)26(33)25-24(17-5-2-1-3-6-17)27(15-30,16-31)23-12-9-18-14-21(29)10-11-22(18)32(23)25/h1-14,23-25H/t23-,24-,25-/m1/s1. The second-order valence-corrected chi connectivity index (χ2v) is 9.57. The third-order valence-electron chi connectivity index (χ3n) is 6.50. The Hall–Kier alpha value is -3.38. The van der Waals surface area contributed by atoms with Crippen molar-refractivity contribution in [2.45, 2.75) is 18.0 Å². The number of hydrogen-bond acceptors (Lipinski definition) is 4. The lowest BCUT2D eigenvalue weighted by molar-refractivity contribution is 0.0951. The van der Waals surface area contributed by atoms with Crippen molar-refractivity contribution in [3.8, 4) is 12.1 Å². The molecule has 2 aliphatic heterocycles. The third-order valence-corrected chi connectivity index (χ3v) is 7.23. The van der Waals surface area contributed by atoms with Crippen molar-refractivity contribution < 1.29 is 4.79 Å². The van der Waals surface area contributed by atoms with Crippen LogP contribution in [0.1, 0.15) is 27.4 Å². The van der Waals surface area contributed by atoms with Gasteiger partial charge in [-0.15, -0.1) is 0 Å². The quantitative estimate of drug-likeness (QED) is 0.380. The van der Waals surface area contributed by atoms with Crippen LogP contribution in [0.5, 0.6) is 0 Å². The fraction of sp³-hybridized carbons (Fsp3) is 0.148. The molecular weight excluding hydrogens is 498 g/mol. The first kappa shape index (κ1) is 21.5. The van der Waals surface area contributed by atoms with Crippen molar-refractivity contribution in [3.05, 3.63) is 105 Å². The summed E-state index contributed by atoms with van der Waals surface area (Å²) >= 11 is 9.69. The number of carbonyl (C=O) groups excluding carboxylic acids is 1. The predicted octanol–water partition coefficient (Wildman–Crippen LogP) is 6.39. The number of Topliss-reactive ketones (excluding diaryl/α,β-unsaturated/α-hetero) is 1. The van der Waals surface area contributed by atoms with Gasteiger partial charge in [0, 0.05) is 26.7 Å². The number of ketones is 1. The highest BCUT2D eigenvalue weighted by Gasteiger charge is 2.63. The fourth-order valence-electron chi connectivity index (χ4n) is 5.11. The zero-order chi connectivity index (χ0) is 23.2. The first-order valence-electron chi connectivity index (χ1n) is 10.4. The van der Waals surface area contributed by atoms with Crippen molar-refractivity contribution in [2.75, 3.05) is 4.90 Å². The van der Waals surface area contributed by atoms with Crippen LogP contribution in [0.15, 0.2) is 83.3 Å². The number of fused-ring (bicyclic) bond motifs is 3. The smallest absolute Gasteiger partial charge is 0.186 e. The van der Waals surface area contributed by atoms with Crippen LogP contribution in [0.4, 0.5) is 5.69 Å². The first-order valence-corrected chi connectivity index (χ1v) is 11.6. The lowest BCUT2D eigenvalue weighted by Gasteiger charge is -2.35. The van der Waals surface area contributed by atoms with Gasteiger partial charge in [-0.3, -0.25) is 4.79 Å². The second kappa shape index (κ2) is 8.19. The van der Waals surface area contributed by atoms with E-state index in [4.69, 9.17) is 11.6 Å². The zero-order valence-corrected chi connectivity index (χ0v) is 19.7. The molecule has 2 heterocycles. The monoisotopic (exact) mass is 513 g/mol. The van der Waals surface area contributed by atoms with E-state index in [-0.39, 0.29) is 5.78 Å². The highest BCUT2D eigenvalue weighted by atomic mass is 79.9. The van der Waals surface area contributed by atoms with Gasteiger partial charge in [-0.1, -0.05) is 82.1 Å². The number of carbonyl (C=O) groups is 1. The lowest BCUT2D eigenvalue weighted by Crippen LogP contribution is -2.44. The van der Waals surface area contributed by atoms with Gasteiger partial charge in [-0.25, -0.2) is 0 Å². The summed E-state index contributed by atoms with van der Waals surface area (Å²) in [4.78, 5) is 16.0. The Bertz CT molecular complexity index is 1360. The molecule has 0 aliphatic carbocycles. The summed E-state index contributed by atoms with van der Waals surface area (Å²) in [5.41, 5.74) is 1.48. The van der Waals surface area contributed by atoms with E-state index in [1.165, 1.54) is 0 Å². The van der Waals surface area contributed by atoms with E-state index < -0.39 is 23.4 Å². The minimum atomic E-state index is -1.46. The Morgan fingerprint density at radius 3 is 2.45 bits per heavy atom. The van der Waals surface area contributed by atoms with Gasteiger partial charge in [0.1, 0.15) is 6.04 Å². The van der Waals surface area contributed by atoms with E-state index in [2.05, 4.69) is 28.1 Å². The lowest BCUT2D eigenvalue weighted by atomic mass is 9.69. The molecule has 0 amide bonds. The molecule has 33 heavy (non-hydrogen) atoms. The molecule has 0 bridgehead atoms. The summed E-state index contributed by atoms with van der Waals surface area (Å²) in [5, 5.41) is 21.4. The molecule has 2 aliphatic rings. The van der Waals surface area contributed by atoms with Gasteiger partial charge in [-0.2, -0.15) is 10.5 Å². The normalized spacial score (nSPS) is 22.1. The van der Waals surface area contributed by atoms with E-state index in [0.717, 1.165) is 21.3 Å². The third kappa shape index (κ3) is 3.28. The van der Waals surface area contributed by atoms with Crippen LogP contribution < -0.4 is 4.90 Å². The average Bonchev–Trinajstić information content (AvgIpc) is 3.14. The van der Waals surface area contributed by atoms with Gasteiger partial charge >= 0.3 is 0 Å². The van der Waals surface area contributed by atoms with Crippen LogP contribution >= 0.6 is 27.5 Å². The molecule has 0 radical (unpaired) electrons. The molecule has 0 saturated carbocycles. The minimum Gasteiger partial charge on any atom is -0.351 e. The SMILES string of the molecule is N#CC1(C#N)[C@H](c2ccccc2)[C@H](C(=O)c2cccc(Br)c2)N2c3ccc(Cl)cc3C=C[C@@H]21. The molecule has 1 saturated heterocycles. The number of nitrogens with zero attached hydrogens (tertiary/aromatic N) is 3. The summed E-state index contributed by atoms with van der Waals surface area (Å²) in [6.07, 6.45) is 3.75. The van der Waals surface area contributed by atoms with Crippen LogP contribution in [0.3, 0.4) is 0 Å². The molecule has 3 atom stereocenters. The molecule has 3 aromatic rings. The summed E-state index contributed by atoms with van der Waals surface area (Å²) in [6, 6.07) is 25.4. The maximum Gasteiger partial charge on any atom is 0.186 e. The van der Waals surface area contributed by atoms with Crippen LogP contribution in [0.2, 0.25) is 5.02 Å². The van der Waals surface area contributed by atoms with Crippen molar-refractivity contribution in [1.29, 1.82) is 10.5 Å². The van der Waals surface area contributed by atoms with Crippen molar-refractivity contribution in [2.24, 2.45) is 5.41 Å². The molecule has 1 fully saturated rings. The van der Waals surface area contributed by atoms with Gasteiger partial charge in [-0.05, 0) is 41.5 Å². The molecule has 3 aromatic carbocycles. The number of halogens is 2. The van der Waals surface area contributed by atoms with Crippen LogP contribution in [-0.2, 0) is 0 Å². The molecule has 0 unspecified atom stereocenters. The minimum absolute atomic E-state index is 0.140. The van der Waals surface area contributed by atoms with Gasteiger partial charge in [0.05, 0.1) is 18.2 Å². The number of nitriles is 2. The Morgan fingerprint density at radius 2 is 1.76 bits per heavy atom. The Labute approximate surface area is 205 Å². The maximum atomic E-state index is 14.1. The van der Waals surface area contributed by atoms with Crippen molar-refractivity contribution in [3.63, 3.8) is 0 Å². The summed E-state index contributed by atoms with van der Waals surface area (Å²) in [5.74, 6) is -0.796. The van der Waals surface area contributed by atoms with Crippen molar-refractivity contribution >= 4 is 45.1 Å². The zero-order valence-electron chi connectivity index (χ0n) is 17.3. The van der Waals surface area contributed by atoms with Crippen LogP contribution in [0, 0.1) is 28.1 Å². The highest BCUT2D eigenvalue weighted by molar-refractivity contribution is 9.10. The number of anilines is 1. The Morgan fingerprint density at radius 1 is 1.00 bits per heavy atom. The number of benzene rings is 3. The van der Waals surface area contributed by atoms with Crippen LogP contribution in [-0.4, -0.2) is 17.9 Å². The Balaban J connectivity index is 1.79. The summed E-state index contributed by atoms with van der Waals surface area (Å²) < 4.78 is 0.789. The molecule has 5 rings (SSSR count). The first-order chi connectivity index (χ1) is 16.0. The molecule has 0 spiro atoms. The largest absolute Gasteiger partial charge is 0.351 e. The number of hydrogen-bond donors (Lipinski definition) is 0. The van der Waals surface area contributed by atoms with E-state index in [1.54, 1.807) is 18.2 Å². The molecule has 6 heteroatoms. The highest BCUT2D eigenvalue weighted by Crippen LogP contribution is 2.55. The molecule has 4 nitrogen and oxygen atoms in total.